The fourth-order valence-electron chi connectivity index (χ4n) is 2.64. The lowest BCUT2D eigenvalue weighted by Gasteiger charge is -2.30. The van der Waals surface area contributed by atoms with E-state index in [1.807, 2.05) is 6.07 Å². The molecule has 28 heavy (non-hydrogen) atoms. The first-order valence-electron chi connectivity index (χ1n) is 8.41. The summed E-state index contributed by atoms with van der Waals surface area (Å²) in [6.45, 7) is 1.07. The Hall–Kier alpha value is -2.52. The molecule has 0 saturated carbocycles. The number of halogens is 4. The van der Waals surface area contributed by atoms with E-state index in [2.05, 4.69) is 19.9 Å². The van der Waals surface area contributed by atoms with E-state index in [0.717, 1.165) is 11.9 Å². The summed E-state index contributed by atoms with van der Waals surface area (Å²) in [6.07, 6.45) is -3.31. The number of carbonyl (C=O) groups is 1. The van der Waals surface area contributed by atoms with Crippen LogP contribution >= 0.6 is 11.6 Å². The molecule has 150 valence electrons. The van der Waals surface area contributed by atoms with E-state index >= 15 is 0 Å². The third-order valence-electron chi connectivity index (χ3n) is 3.94. The normalized spacial score (nSPS) is 14.6. The molecule has 1 aromatic carbocycles. The predicted octanol–water partition coefficient (Wildman–Crippen LogP) is 3.77. The summed E-state index contributed by atoms with van der Waals surface area (Å²) >= 11 is 6.06. The Labute approximate surface area is 164 Å². The zero-order valence-corrected chi connectivity index (χ0v) is 15.4. The van der Waals surface area contributed by atoms with Crippen molar-refractivity contribution in [3.05, 3.63) is 47.1 Å². The predicted molar refractivity (Wildman–Crippen MR) is 98.2 cm³/mol. The molecule has 0 aliphatic carbocycles. The van der Waals surface area contributed by atoms with Gasteiger partial charge >= 0.3 is 6.18 Å². The number of rotatable bonds is 5. The lowest BCUT2D eigenvalue weighted by molar-refractivity contribution is -0.154. The van der Waals surface area contributed by atoms with Gasteiger partial charge in [0, 0.05) is 30.4 Å². The van der Waals surface area contributed by atoms with E-state index < -0.39 is 18.7 Å². The number of benzene rings is 1. The third-order valence-corrected chi connectivity index (χ3v) is 4.18. The fraction of sp³-hybridized carbons (Fsp3) is 0.333. The Kier molecular flexibility index (Phi) is 6.25. The second-order valence-corrected chi connectivity index (χ2v) is 6.44. The van der Waals surface area contributed by atoms with Crippen molar-refractivity contribution in [2.75, 3.05) is 43.1 Å². The van der Waals surface area contributed by atoms with Crippen LogP contribution in [0, 0.1) is 0 Å². The van der Waals surface area contributed by atoms with Crippen molar-refractivity contribution < 1.29 is 27.4 Å². The molecular formula is C18H17ClF3N3O3. The molecule has 0 bridgehead atoms. The number of nitrogens with zero attached hydrogens (tertiary/aromatic N) is 2. The summed E-state index contributed by atoms with van der Waals surface area (Å²) < 4.78 is 46.4. The van der Waals surface area contributed by atoms with Crippen molar-refractivity contribution in [1.82, 2.24) is 4.98 Å². The average molecular weight is 416 g/mol. The van der Waals surface area contributed by atoms with Gasteiger partial charge in [-0.15, -0.1) is 0 Å². The Bertz CT molecular complexity index is 825. The number of hydrogen-bond acceptors (Lipinski definition) is 5. The van der Waals surface area contributed by atoms with Crippen LogP contribution < -0.4 is 15.0 Å². The maximum atomic E-state index is 12.5. The molecular weight excluding hydrogens is 399 g/mol. The molecule has 1 amide bonds. The van der Waals surface area contributed by atoms with Crippen molar-refractivity contribution in [1.29, 1.82) is 0 Å². The summed E-state index contributed by atoms with van der Waals surface area (Å²) in [5.74, 6) is -0.683. The second-order valence-electron chi connectivity index (χ2n) is 6.00. The van der Waals surface area contributed by atoms with E-state index in [1.165, 1.54) is 12.1 Å². The molecule has 2 aromatic rings. The highest BCUT2D eigenvalue weighted by atomic mass is 35.5. The number of pyridine rings is 1. The molecule has 0 spiro atoms. The van der Waals surface area contributed by atoms with E-state index in [4.69, 9.17) is 16.3 Å². The standard InChI is InChI=1S/C18H17ClF3N3O3/c19-13-2-3-15(25-5-7-27-8-6-25)14(9-13)24-17(26)12-1-4-16(23-10-12)28-11-18(20,21)22/h1-4,9-10H,5-8,11H2,(H,24,26). The van der Waals surface area contributed by atoms with Gasteiger partial charge in [0.15, 0.2) is 6.61 Å². The Morgan fingerprint density at radius 3 is 2.64 bits per heavy atom. The maximum Gasteiger partial charge on any atom is 0.422 e. The SMILES string of the molecule is O=C(Nc1cc(Cl)ccc1N1CCOCC1)c1ccc(OCC(F)(F)F)nc1. The van der Waals surface area contributed by atoms with Crippen molar-refractivity contribution >= 4 is 28.9 Å². The second kappa shape index (κ2) is 8.66. The van der Waals surface area contributed by atoms with Gasteiger partial charge in [-0.05, 0) is 24.3 Å². The molecule has 6 nitrogen and oxygen atoms in total. The van der Waals surface area contributed by atoms with Gasteiger partial charge in [-0.25, -0.2) is 4.98 Å². The number of alkyl halides is 3. The van der Waals surface area contributed by atoms with Gasteiger partial charge in [-0.3, -0.25) is 4.79 Å². The molecule has 10 heteroatoms. The Balaban J connectivity index is 1.71. The lowest BCUT2D eigenvalue weighted by Crippen LogP contribution is -2.36. The molecule has 2 heterocycles. The first-order valence-corrected chi connectivity index (χ1v) is 8.79. The van der Waals surface area contributed by atoms with Crippen molar-refractivity contribution in [3.8, 4) is 5.88 Å². The number of aromatic nitrogens is 1. The Morgan fingerprint density at radius 1 is 1.25 bits per heavy atom. The first-order chi connectivity index (χ1) is 13.3. The number of amides is 1. The van der Waals surface area contributed by atoms with Gasteiger partial charge in [-0.2, -0.15) is 13.2 Å². The number of anilines is 2. The number of morpholine rings is 1. The van der Waals surface area contributed by atoms with Crippen LogP contribution in [0.3, 0.4) is 0 Å². The number of nitrogens with one attached hydrogen (secondary N) is 1. The van der Waals surface area contributed by atoms with Gasteiger partial charge in [0.25, 0.3) is 5.91 Å². The summed E-state index contributed by atoms with van der Waals surface area (Å²) in [5, 5.41) is 3.23. The quantitative estimate of drug-likeness (QED) is 0.805. The monoisotopic (exact) mass is 415 g/mol. The van der Waals surface area contributed by atoms with Crippen molar-refractivity contribution in [3.63, 3.8) is 0 Å². The minimum atomic E-state index is -4.46. The van der Waals surface area contributed by atoms with Gasteiger partial charge in [0.05, 0.1) is 30.2 Å². The zero-order chi connectivity index (χ0) is 20.1. The number of carbonyl (C=O) groups excluding carboxylic acids is 1. The molecule has 1 N–H and O–H groups in total. The van der Waals surface area contributed by atoms with Gasteiger partial charge in [0.2, 0.25) is 5.88 Å². The average Bonchev–Trinajstić information content (AvgIpc) is 2.67. The molecule has 0 radical (unpaired) electrons. The van der Waals surface area contributed by atoms with Crippen molar-refractivity contribution in [2.24, 2.45) is 0 Å². The van der Waals surface area contributed by atoms with Crippen LogP contribution in [0.5, 0.6) is 5.88 Å². The fourth-order valence-corrected chi connectivity index (χ4v) is 2.81. The van der Waals surface area contributed by atoms with Gasteiger partial charge in [0.1, 0.15) is 0 Å². The van der Waals surface area contributed by atoms with E-state index in [9.17, 15) is 18.0 Å². The van der Waals surface area contributed by atoms with Crippen LogP contribution in [0.4, 0.5) is 24.5 Å². The highest BCUT2D eigenvalue weighted by Crippen LogP contribution is 2.30. The van der Waals surface area contributed by atoms with E-state index in [-0.39, 0.29) is 11.4 Å². The molecule has 0 unspecified atom stereocenters. The summed E-state index contributed by atoms with van der Waals surface area (Å²) in [7, 11) is 0. The van der Waals surface area contributed by atoms with Crippen LogP contribution in [0.2, 0.25) is 5.02 Å². The molecule has 3 rings (SSSR count). The van der Waals surface area contributed by atoms with Crippen LogP contribution in [-0.2, 0) is 4.74 Å². The highest BCUT2D eigenvalue weighted by molar-refractivity contribution is 6.31. The zero-order valence-electron chi connectivity index (χ0n) is 14.6. The van der Waals surface area contributed by atoms with Crippen LogP contribution in [-0.4, -0.2) is 50.0 Å². The minimum Gasteiger partial charge on any atom is -0.468 e. The molecule has 1 aliphatic heterocycles. The minimum absolute atomic E-state index is 0.173. The largest absolute Gasteiger partial charge is 0.468 e. The summed E-state index contributed by atoms with van der Waals surface area (Å²) in [4.78, 5) is 18.3. The first kappa shape index (κ1) is 20.2. The van der Waals surface area contributed by atoms with E-state index in [0.29, 0.717) is 37.0 Å². The van der Waals surface area contributed by atoms with Crippen LogP contribution in [0.25, 0.3) is 0 Å². The summed E-state index contributed by atoms with van der Waals surface area (Å²) in [6, 6.07) is 7.74. The molecule has 1 aromatic heterocycles. The third kappa shape index (κ3) is 5.49. The highest BCUT2D eigenvalue weighted by Gasteiger charge is 2.28. The van der Waals surface area contributed by atoms with Gasteiger partial charge < -0.3 is 19.7 Å². The number of hydrogen-bond donors (Lipinski definition) is 1. The lowest BCUT2D eigenvalue weighted by atomic mass is 10.2. The Morgan fingerprint density at radius 2 is 2.00 bits per heavy atom. The molecule has 1 saturated heterocycles. The molecule has 1 aliphatic rings. The maximum absolute atomic E-state index is 12.5. The number of ether oxygens (including phenoxy) is 2. The topological polar surface area (TPSA) is 63.7 Å². The smallest absolute Gasteiger partial charge is 0.422 e. The van der Waals surface area contributed by atoms with Crippen LogP contribution in [0.1, 0.15) is 10.4 Å². The molecule has 0 atom stereocenters. The van der Waals surface area contributed by atoms with Gasteiger partial charge in [-0.1, -0.05) is 11.6 Å². The van der Waals surface area contributed by atoms with E-state index in [1.54, 1.807) is 12.1 Å². The molecule has 1 fully saturated rings. The summed E-state index contributed by atoms with van der Waals surface area (Å²) in [5.41, 5.74) is 1.50. The van der Waals surface area contributed by atoms with Crippen molar-refractivity contribution in [2.45, 2.75) is 6.18 Å². The van der Waals surface area contributed by atoms with Crippen LogP contribution in [0.15, 0.2) is 36.5 Å².